The van der Waals surface area contributed by atoms with Crippen molar-refractivity contribution >= 4 is 5.91 Å². The smallest absolute Gasteiger partial charge is 0.254 e. The first-order chi connectivity index (χ1) is 10.1. The van der Waals surface area contributed by atoms with Gasteiger partial charge in [0, 0.05) is 31.7 Å². The first kappa shape index (κ1) is 16.0. The Hall–Kier alpha value is -1.39. The Morgan fingerprint density at radius 2 is 1.86 bits per heavy atom. The maximum Gasteiger partial charge on any atom is 0.254 e. The summed E-state index contributed by atoms with van der Waals surface area (Å²) < 4.78 is 0. The SMILES string of the molecule is Cc1cccc(C(=O)N2CCN(CCCCN)CC2)c1C. The van der Waals surface area contributed by atoms with Crippen LogP contribution in [-0.2, 0) is 0 Å². The molecule has 0 saturated carbocycles. The Balaban J connectivity index is 1.90. The highest BCUT2D eigenvalue weighted by molar-refractivity contribution is 5.96. The molecule has 1 fully saturated rings. The molecule has 1 saturated heterocycles. The number of carbonyl (C=O) groups excluding carboxylic acids is 1. The molecule has 0 aliphatic carbocycles. The molecular formula is C17H27N3O. The van der Waals surface area contributed by atoms with Crippen LogP contribution in [0.4, 0.5) is 0 Å². The monoisotopic (exact) mass is 289 g/mol. The van der Waals surface area contributed by atoms with Gasteiger partial charge in [-0.3, -0.25) is 9.69 Å². The molecule has 4 heteroatoms. The first-order valence-electron chi connectivity index (χ1n) is 7.91. The zero-order valence-corrected chi connectivity index (χ0v) is 13.3. The van der Waals surface area contributed by atoms with Gasteiger partial charge in [-0.1, -0.05) is 12.1 Å². The number of rotatable bonds is 5. The summed E-state index contributed by atoms with van der Waals surface area (Å²) >= 11 is 0. The predicted octanol–water partition coefficient (Wildman–Crippen LogP) is 1.80. The largest absolute Gasteiger partial charge is 0.336 e. The van der Waals surface area contributed by atoms with Gasteiger partial charge in [0.15, 0.2) is 0 Å². The van der Waals surface area contributed by atoms with Crippen LogP contribution in [0.1, 0.15) is 34.3 Å². The summed E-state index contributed by atoms with van der Waals surface area (Å²) in [4.78, 5) is 17.1. The minimum atomic E-state index is 0.179. The van der Waals surface area contributed by atoms with Crippen molar-refractivity contribution in [2.45, 2.75) is 26.7 Å². The van der Waals surface area contributed by atoms with Gasteiger partial charge in [0.2, 0.25) is 0 Å². The van der Waals surface area contributed by atoms with Crippen molar-refractivity contribution in [3.63, 3.8) is 0 Å². The van der Waals surface area contributed by atoms with Crippen LogP contribution in [0.25, 0.3) is 0 Å². The molecule has 0 spiro atoms. The molecule has 0 bridgehead atoms. The third-order valence-electron chi connectivity index (χ3n) is 4.42. The fourth-order valence-corrected chi connectivity index (χ4v) is 2.81. The summed E-state index contributed by atoms with van der Waals surface area (Å²) in [5, 5.41) is 0. The average Bonchev–Trinajstić information content (AvgIpc) is 2.50. The van der Waals surface area contributed by atoms with Crippen molar-refractivity contribution in [3.8, 4) is 0 Å². The number of nitrogens with two attached hydrogens (primary N) is 1. The van der Waals surface area contributed by atoms with Gasteiger partial charge in [-0.2, -0.15) is 0 Å². The fraction of sp³-hybridized carbons (Fsp3) is 0.588. The normalized spacial score (nSPS) is 16.2. The number of carbonyl (C=O) groups is 1. The van der Waals surface area contributed by atoms with Gasteiger partial charge in [0.25, 0.3) is 5.91 Å². The van der Waals surface area contributed by atoms with Crippen LogP contribution in [0, 0.1) is 13.8 Å². The number of amides is 1. The van der Waals surface area contributed by atoms with E-state index in [0.717, 1.165) is 63.2 Å². The third kappa shape index (κ3) is 4.05. The molecular weight excluding hydrogens is 262 g/mol. The topological polar surface area (TPSA) is 49.6 Å². The molecule has 0 unspecified atom stereocenters. The Morgan fingerprint density at radius 3 is 2.52 bits per heavy atom. The lowest BCUT2D eigenvalue weighted by molar-refractivity contribution is 0.0635. The van der Waals surface area contributed by atoms with E-state index in [2.05, 4.69) is 17.9 Å². The van der Waals surface area contributed by atoms with Gasteiger partial charge in [-0.05, 0) is 57.0 Å². The van der Waals surface area contributed by atoms with Gasteiger partial charge in [0.05, 0.1) is 0 Å². The molecule has 1 aliphatic rings. The zero-order valence-electron chi connectivity index (χ0n) is 13.3. The molecule has 0 radical (unpaired) electrons. The Labute approximate surface area is 127 Å². The molecule has 2 rings (SSSR count). The Bertz CT molecular complexity index is 479. The lowest BCUT2D eigenvalue weighted by Gasteiger charge is -2.35. The molecule has 2 N–H and O–H groups in total. The highest BCUT2D eigenvalue weighted by Crippen LogP contribution is 2.16. The first-order valence-corrected chi connectivity index (χ1v) is 7.91. The van der Waals surface area contributed by atoms with Crippen LogP contribution in [0.5, 0.6) is 0 Å². The van der Waals surface area contributed by atoms with Crippen molar-refractivity contribution < 1.29 is 4.79 Å². The molecule has 21 heavy (non-hydrogen) atoms. The number of aryl methyl sites for hydroxylation is 1. The van der Waals surface area contributed by atoms with Crippen molar-refractivity contribution in [3.05, 3.63) is 34.9 Å². The van der Waals surface area contributed by atoms with Gasteiger partial charge >= 0.3 is 0 Å². The summed E-state index contributed by atoms with van der Waals surface area (Å²) in [7, 11) is 0. The minimum absolute atomic E-state index is 0.179. The molecule has 116 valence electrons. The molecule has 4 nitrogen and oxygen atoms in total. The average molecular weight is 289 g/mol. The molecule has 1 aliphatic heterocycles. The number of hydrogen-bond acceptors (Lipinski definition) is 3. The minimum Gasteiger partial charge on any atom is -0.336 e. The molecule has 1 amide bonds. The standard InChI is InChI=1S/C17H27N3O/c1-14-6-5-7-16(15(14)2)17(21)20-12-10-19(11-13-20)9-4-3-8-18/h5-7H,3-4,8-13,18H2,1-2H3. The van der Waals surface area contributed by atoms with E-state index in [-0.39, 0.29) is 5.91 Å². The molecule has 0 atom stereocenters. The van der Waals surface area contributed by atoms with E-state index in [9.17, 15) is 4.79 Å². The van der Waals surface area contributed by atoms with Crippen molar-refractivity contribution in [1.82, 2.24) is 9.80 Å². The third-order valence-corrected chi connectivity index (χ3v) is 4.42. The van der Waals surface area contributed by atoms with E-state index in [4.69, 9.17) is 5.73 Å². The second-order valence-corrected chi connectivity index (χ2v) is 5.88. The van der Waals surface area contributed by atoms with Crippen LogP contribution >= 0.6 is 0 Å². The summed E-state index contributed by atoms with van der Waals surface area (Å²) in [6.07, 6.45) is 2.24. The molecule has 1 aromatic rings. The van der Waals surface area contributed by atoms with Crippen molar-refractivity contribution in [2.75, 3.05) is 39.3 Å². The van der Waals surface area contributed by atoms with E-state index < -0.39 is 0 Å². The van der Waals surface area contributed by atoms with E-state index in [1.54, 1.807) is 0 Å². The Morgan fingerprint density at radius 1 is 1.14 bits per heavy atom. The lowest BCUT2D eigenvalue weighted by Crippen LogP contribution is -2.49. The van der Waals surface area contributed by atoms with E-state index in [0.29, 0.717) is 0 Å². The fourth-order valence-electron chi connectivity index (χ4n) is 2.81. The van der Waals surface area contributed by atoms with Gasteiger partial charge < -0.3 is 10.6 Å². The Kier molecular flexibility index (Phi) is 5.76. The van der Waals surface area contributed by atoms with Crippen LogP contribution < -0.4 is 5.73 Å². The highest BCUT2D eigenvalue weighted by atomic mass is 16.2. The van der Waals surface area contributed by atoms with E-state index in [1.807, 2.05) is 24.0 Å². The predicted molar refractivity (Wildman–Crippen MR) is 86.5 cm³/mol. The van der Waals surface area contributed by atoms with Crippen LogP contribution in [0.15, 0.2) is 18.2 Å². The number of piperazine rings is 1. The zero-order chi connectivity index (χ0) is 15.2. The second kappa shape index (κ2) is 7.57. The van der Waals surface area contributed by atoms with Gasteiger partial charge in [0.1, 0.15) is 0 Å². The highest BCUT2D eigenvalue weighted by Gasteiger charge is 2.22. The lowest BCUT2D eigenvalue weighted by atomic mass is 10.0. The molecule has 0 aromatic heterocycles. The number of benzene rings is 1. The van der Waals surface area contributed by atoms with E-state index >= 15 is 0 Å². The van der Waals surface area contributed by atoms with Crippen LogP contribution in [0.3, 0.4) is 0 Å². The summed E-state index contributed by atoms with van der Waals surface area (Å²) in [6.45, 7) is 9.56. The molecule has 1 aromatic carbocycles. The number of hydrogen-bond donors (Lipinski definition) is 1. The van der Waals surface area contributed by atoms with Gasteiger partial charge in [-0.15, -0.1) is 0 Å². The van der Waals surface area contributed by atoms with Crippen molar-refractivity contribution in [2.24, 2.45) is 5.73 Å². The summed E-state index contributed by atoms with van der Waals surface area (Å²) in [5.41, 5.74) is 8.66. The summed E-state index contributed by atoms with van der Waals surface area (Å²) in [6, 6.07) is 5.97. The van der Waals surface area contributed by atoms with Gasteiger partial charge in [-0.25, -0.2) is 0 Å². The van der Waals surface area contributed by atoms with Crippen LogP contribution in [-0.4, -0.2) is 55.0 Å². The number of unbranched alkanes of at least 4 members (excludes halogenated alkanes) is 1. The summed E-state index contributed by atoms with van der Waals surface area (Å²) in [5.74, 6) is 0.179. The maximum absolute atomic E-state index is 12.6. The second-order valence-electron chi connectivity index (χ2n) is 5.88. The molecule has 1 heterocycles. The number of nitrogens with zero attached hydrogens (tertiary/aromatic N) is 2. The van der Waals surface area contributed by atoms with E-state index in [1.165, 1.54) is 5.56 Å². The quantitative estimate of drug-likeness (QED) is 0.841. The maximum atomic E-state index is 12.6. The van der Waals surface area contributed by atoms with Crippen molar-refractivity contribution in [1.29, 1.82) is 0 Å². The van der Waals surface area contributed by atoms with Crippen LogP contribution in [0.2, 0.25) is 0 Å².